The van der Waals surface area contributed by atoms with Crippen LogP contribution >= 0.6 is 0 Å². The van der Waals surface area contributed by atoms with Gasteiger partial charge in [0.1, 0.15) is 5.69 Å². The van der Waals surface area contributed by atoms with E-state index in [1.54, 1.807) is 0 Å². The summed E-state index contributed by atoms with van der Waals surface area (Å²) in [6, 6.07) is 8.27. The van der Waals surface area contributed by atoms with Gasteiger partial charge in [0.25, 0.3) is 11.8 Å². The van der Waals surface area contributed by atoms with E-state index in [-0.39, 0.29) is 17.4 Å². The number of amides is 2. The maximum atomic E-state index is 13.3. The highest BCUT2D eigenvalue weighted by Crippen LogP contribution is 2.25. The van der Waals surface area contributed by atoms with E-state index in [0.717, 1.165) is 37.9 Å². The standard InChI is InChI=1S/C22H28N4O2/c1-22(2,3)24-20(27)19-23-18(17-10-6-7-12-26(17)19)21(28)25-13-11-15-8-4-5-9-16(15)14-25/h4-5,8-9H,6-7,10-14H2,1-3H3,(H,24,27). The van der Waals surface area contributed by atoms with Crippen molar-refractivity contribution in [2.24, 2.45) is 0 Å². The summed E-state index contributed by atoms with van der Waals surface area (Å²) in [4.78, 5) is 32.5. The molecule has 6 heteroatoms. The fourth-order valence-corrected chi connectivity index (χ4v) is 4.10. The third-order valence-electron chi connectivity index (χ3n) is 5.43. The van der Waals surface area contributed by atoms with E-state index < -0.39 is 0 Å². The van der Waals surface area contributed by atoms with Gasteiger partial charge in [0, 0.05) is 25.2 Å². The van der Waals surface area contributed by atoms with Crippen LogP contribution < -0.4 is 5.32 Å². The van der Waals surface area contributed by atoms with Crippen LogP contribution in [0.4, 0.5) is 0 Å². The van der Waals surface area contributed by atoms with Gasteiger partial charge in [-0.25, -0.2) is 4.98 Å². The molecule has 0 bridgehead atoms. The molecule has 2 aromatic rings. The molecule has 2 amide bonds. The molecule has 2 aliphatic rings. The summed E-state index contributed by atoms with van der Waals surface area (Å²) < 4.78 is 1.95. The highest BCUT2D eigenvalue weighted by molar-refractivity contribution is 5.97. The zero-order valence-corrected chi connectivity index (χ0v) is 16.9. The van der Waals surface area contributed by atoms with E-state index in [1.165, 1.54) is 11.1 Å². The van der Waals surface area contributed by atoms with Gasteiger partial charge in [0.15, 0.2) is 5.82 Å². The Bertz CT molecular complexity index is 923. The van der Waals surface area contributed by atoms with Gasteiger partial charge in [-0.15, -0.1) is 0 Å². The van der Waals surface area contributed by atoms with Crippen LogP contribution in [0.1, 0.15) is 71.5 Å². The van der Waals surface area contributed by atoms with E-state index >= 15 is 0 Å². The number of nitrogens with zero attached hydrogens (tertiary/aromatic N) is 3. The monoisotopic (exact) mass is 380 g/mol. The van der Waals surface area contributed by atoms with Crippen molar-refractivity contribution in [1.82, 2.24) is 19.8 Å². The molecule has 4 rings (SSSR count). The van der Waals surface area contributed by atoms with Gasteiger partial charge in [-0.05, 0) is 57.6 Å². The van der Waals surface area contributed by atoms with Crippen molar-refractivity contribution in [1.29, 1.82) is 0 Å². The first-order valence-electron chi connectivity index (χ1n) is 10.1. The number of nitrogens with one attached hydrogen (secondary N) is 1. The van der Waals surface area contributed by atoms with Crippen LogP contribution in [-0.2, 0) is 25.9 Å². The minimum atomic E-state index is -0.348. The molecule has 3 heterocycles. The van der Waals surface area contributed by atoms with Crippen LogP contribution in [0.25, 0.3) is 0 Å². The molecule has 28 heavy (non-hydrogen) atoms. The quantitative estimate of drug-likeness (QED) is 0.871. The predicted molar refractivity (Wildman–Crippen MR) is 107 cm³/mol. The molecule has 1 N–H and O–H groups in total. The van der Waals surface area contributed by atoms with Gasteiger partial charge in [-0.2, -0.15) is 0 Å². The minimum Gasteiger partial charge on any atom is -0.345 e. The summed E-state index contributed by atoms with van der Waals surface area (Å²) in [5.41, 5.74) is 3.52. The van der Waals surface area contributed by atoms with Crippen LogP contribution in [-0.4, -0.2) is 38.3 Å². The molecule has 0 saturated heterocycles. The van der Waals surface area contributed by atoms with Gasteiger partial charge < -0.3 is 14.8 Å². The first kappa shape index (κ1) is 18.7. The van der Waals surface area contributed by atoms with E-state index in [2.05, 4.69) is 22.4 Å². The minimum absolute atomic E-state index is 0.0602. The number of rotatable bonds is 2. The van der Waals surface area contributed by atoms with E-state index in [0.29, 0.717) is 24.6 Å². The number of aromatic nitrogens is 2. The van der Waals surface area contributed by atoms with Crippen LogP contribution in [0.3, 0.4) is 0 Å². The Hall–Kier alpha value is -2.63. The lowest BCUT2D eigenvalue weighted by molar-refractivity contribution is 0.0727. The third kappa shape index (κ3) is 3.55. The molecular weight excluding hydrogens is 352 g/mol. The van der Waals surface area contributed by atoms with E-state index in [9.17, 15) is 9.59 Å². The first-order valence-corrected chi connectivity index (χ1v) is 10.1. The zero-order chi connectivity index (χ0) is 19.9. The second-order valence-electron chi connectivity index (χ2n) is 8.79. The Kier molecular flexibility index (Phi) is 4.73. The molecule has 0 spiro atoms. The predicted octanol–water partition coefficient (Wildman–Crippen LogP) is 2.95. The van der Waals surface area contributed by atoms with Gasteiger partial charge >= 0.3 is 0 Å². The van der Waals surface area contributed by atoms with E-state index in [1.807, 2.05) is 42.4 Å². The Morgan fingerprint density at radius 3 is 2.54 bits per heavy atom. The van der Waals surface area contributed by atoms with Gasteiger partial charge in [-0.3, -0.25) is 9.59 Å². The van der Waals surface area contributed by atoms with E-state index in [4.69, 9.17) is 0 Å². The zero-order valence-electron chi connectivity index (χ0n) is 16.9. The first-order chi connectivity index (χ1) is 13.3. The molecule has 0 unspecified atom stereocenters. The second kappa shape index (κ2) is 7.08. The number of fused-ring (bicyclic) bond motifs is 2. The maximum Gasteiger partial charge on any atom is 0.287 e. The highest BCUT2D eigenvalue weighted by Gasteiger charge is 2.32. The molecule has 0 radical (unpaired) electrons. The molecule has 2 aliphatic heterocycles. The van der Waals surface area contributed by atoms with Gasteiger partial charge in [0.05, 0.1) is 5.69 Å². The lowest BCUT2D eigenvalue weighted by Crippen LogP contribution is -2.42. The van der Waals surface area contributed by atoms with Crippen LogP contribution in [0, 0.1) is 0 Å². The topological polar surface area (TPSA) is 67.2 Å². The Labute approximate surface area is 165 Å². The molecular formula is C22H28N4O2. The number of imidazole rings is 1. The lowest BCUT2D eigenvalue weighted by Gasteiger charge is -2.28. The molecule has 0 fully saturated rings. The molecule has 1 aromatic carbocycles. The summed E-state index contributed by atoms with van der Waals surface area (Å²) in [5, 5.41) is 2.98. The largest absolute Gasteiger partial charge is 0.345 e. The fraction of sp³-hybridized carbons (Fsp3) is 0.500. The summed E-state index contributed by atoms with van der Waals surface area (Å²) >= 11 is 0. The molecule has 0 atom stereocenters. The number of carbonyl (C=O) groups is 2. The van der Waals surface area contributed by atoms with Gasteiger partial charge in [-0.1, -0.05) is 24.3 Å². The fourth-order valence-electron chi connectivity index (χ4n) is 4.10. The van der Waals surface area contributed by atoms with Crippen molar-refractivity contribution in [3.05, 3.63) is 52.6 Å². The molecule has 6 nitrogen and oxygen atoms in total. The van der Waals surface area contributed by atoms with Crippen LogP contribution in [0.2, 0.25) is 0 Å². The van der Waals surface area contributed by atoms with Gasteiger partial charge in [0.2, 0.25) is 0 Å². The average Bonchev–Trinajstić information content (AvgIpc) is 3.05. The average molecular weight is 380 g/mol. The number of carbonyl (C=O) groups excluding carboxylic acids is 2. The Balaban J connectivity index is 1.64. The molecule has 0 saturated carbocycles. The van der Waals surface area contributed by atoms with Crippen LogP contribution in [0.5, 0.6) is 0 Å². The Morgan fingerprint density at radius 2 is 1.79 bits per heavy atom. The smallest absolute Gasteiger partial charge is 0.287 e. The molecule has 148 valence electrons. The maximum absolute atomic E-state index is 13.3. The lowest BCUT2D eigenvalue weighted by atomic mass is 9.99. The number of hydrogen-bond donors (Lipinski definition) is 1. The summed E-state index contributed by atoms with van der Waals surface area (Å²) in [6.45, 7) is 7.87. The van der Waals surface area contributed by atoms with Crippen molar-refractivity contribution in [2.75, 3.05) is 6.54 Å². The van der Waals surface area contributed by atoms with Crippen molar-refractivity contribution < 1.29 is 9.59 Å². The summed E-state index contributed by atoms with van der Waals surface area (Å²) in [5.74, 6) is 0.0963. The number of hydrogen-bond acceptors (Lipinski definition) is 3. The van der Waals surface area contributed by atoms with Crippen molar-refractivity contribution in [2.45, 2.75) is 65.1 Å². The van der Waals surface area contributed by atoms with Crippen LogP contribution in [0.15, 0.2) is 24.3 Å². The highest BCUT2D eigenvalue weighted by atomic mass is 16.2. The van der Waals surface area contributed by atoms with Crippen molar-refractivity contribution in [3.8, 4) is 0 Å². The Morgan fingerprint density at radius 1 is 1.04 bits per heavy atom. The summed E-state index contributed by atoms with van der Waals surface area (Å²) in [6.07, 6.45) is 3.68. The van der Waals surface area contributed by atoms with Crippen molar-refractivity contribution >= 4 is 11.8 Å². The van der Waals surface area contributed by atoms with Crippen molar-refractivity contribution in [3.63, 3.8) is 0 Å². The number of benzene rings is 1. The molecule has 1 aromatic heterocycles. The third-order valence-corrected chi connectivity index (χ3v) is 5.43. The summed E-state index contributed by atoms with van der Waals surface area (Å²) in [7, 11) is 0. The normalized spacial score (nSPS) is 16.3. The SMILES string of the molecule is CC(C)(C)NC(=O)c1nc(C(=O)N2CCc3ccccc3C2)c2n1CCCC2. The molecule has 0 aliphatic carbocycles. The second-order valence-corrected chi connectivity index (χ2v) is 8.79.